The highest BCUT2D eigenvalue weighted by atomic mass is 16.8. The molecule has 0 saturated carbocycles. The second kappa shape index (κ2) is 23.0. The predicted octanol–water partition coefficient (Wildman–Crippen LogP) is 2.92. The molecule has 0 amide bonds. The first kappa shape index (κ1) is 34.4. The molecule has 0 unspecified atom stereocenters. The Morgan fingerprint density at radius 1 is 0.529 bits per heavy atom. The van der Waals surface area contributed by atoms with Crippen LogP contribution in [0.3, 0.4) is 0 Å². The molecule has 10 heteroatoms. The van der Waals surface area contributed by atoms with E-state index in [0.717, 1.165) is 0 Å². The summed E-state index contributed by atoms with van der Waals surface area (Å²) in [6.45, 7) is 16.0. The van der Waals surface area contributed by atoms with E-state index in [2.05, 4.69) is 0 Å². The maximum Gasteiger partial charge on any atom is 0.329 e. The molecule has 0 aliphatic heterocycles. The van der Waals surface area contributed by atoms with Gasteiger partial charge in [-0.1, -0.05) is 6.92 Å². The largest absolute Gasteiger partial charge is 0.489 e. The van der Waals surface area contributed by atoms with Gasteiger partial charge in [-0.3, -0.25) is 0 Å². The molecule has 10 nitrogen and oxygen atoms in total. The normalized spacial score (nSPS) is 12.6. The molecule has 3 N–H and O–H groups in total. The van der Waals surface area contributed by atoms with Crippen molar-refractivity contribution in [3.63, 3.8) is 0 Å². The lowest BCUT2D eigenvalue weighted by atomic mass is 9.88. The van der Waals surface area contributed by atoms with Crippen LogP contribution in [0.4, 0.5) is 0 Å². The average Bonchev–Trinajstić information content (AvgIpc) is 2.86. The van der Waals surface area contributed by atoms with Gasteiger partial charge in [0.2, 0.25) is 11.5 Å². The first-order valence-electron chi connectivity index (χ1n) is 12.1. The molecule has 0 saturated heterocycles. The summed E-state index contributed by atoms with van der Waals surface area (Å²) in [5, 5.41) is 26.0. The van der Waals surface area contributed by atoms with E-state index in [1.54, 1.807) is 0 Å². The van der Waals surface area contributed by atoms with Gasteiger partial charge in [0, 0.05) is 18.6 Å². The Bertz CT molecular complexity index is 476. The second-order valence-electron chi connectivity index (χ2n) is 6.86. The van der Waals surface area contributed by atoms with Crippen LogP contribution in [-0.4, -0.2) is 88.0 Å². The van der Waals surface area contributed by atoms with Crippen LogP contribution in [0.5, 0.6) is 0 Å². The van der Waals surface area contributed by atoms with Crippen molar-refractivity contribution < 1.29 is 48.5 Å². The monoisotopic (exact) mass is 496 g/mol. The third kappa shape index (κ3) is 14.5. The van der Waals surface area contributed by atoms with Crippen molar-refractivity contribution in [3.8, 4) is 0 Å². The Balaban J connectivity index is 0. The van der Waals surface area contributed by atoms with Gasteiger partial charge in [-0.2, -0.15) is 0 Å². The summed E-state index contributed by atoms with van der Waals surface area (Å²) in [5.74, 6) is 1.34. The topological polar surface area (TPSA) is 125 Å². The minimum atomic E-state index is -0.667. The van der Waals surface area contributed by atoms with Crippen LogP contribution >= 0.6 is 0 Å². The van der Waals surface area contributed by atoms with Crippen molar-refractivity contribution in [2.45, 2.75) is 54.9 Å². The van der Waals surface area contributed by atoms with Gasteiger partial charge in [0.15, 0.2) is 0 Å². The van der Waals surface area contributed by atoms with Crippen LogP contribution in [-0.2, 0) is 33.2 Å². The van der Waals surface area contributed by atoms with E-state index >= 15 is 0 Å². The highest BCUT2D eigenvalue weighted by molar-refractivity contribution is 5.03. The Morgan fingerprint density at radius 2 is 0.882 bits per heavy atom. The molecule has 0 aliphatic carbocycles. The van der Waals surface area contributed by atoms with Crippen LogP contribution in [0.15, 0.2) is 23.4 Å². The zero-order chi connectivity index (χ0) is 26.2. The summed E-state index contributed by atoms with van der Waals surface area (Å²) in [7, 11) is 0. The van der Waals surface area contributed by atoms with Gasteiger partial charge in [0.1, 0.15) is 13.2 Å². The lowest BCUT2D eigenvalue weighted by Crippen LogP contribution is -2.32. The first-order chi connectivity index (χ1) is 16.4. The van der Waals surface area contributed by atoms with E-state index in [1.807, 2.05) is 48.5 Å². The van der Waals surface area contributed by atoms with E-state index in [9.17, 15) is 0 Å². The molecule has 0 bridgehead atoms. The van der Waals surface area contributed by atoms with Gasteiger partial charge in [0.25, 0.3) is 0 Å². The minimum Gasteiger partial charge on any atom is -0.489 e. The van der Waals surface area contributed by atoms with Gasteiger partial charge >= 0.3 is 11.9 Å². The fourth-order valence-electron chi connectivity index (χ4n) is 2.22. The molecule has 0 radical (unpaired) electrons. The van der Waals surface area contributed by atoms with Crippen molar-refractivity contribution in [2.24, 2.45) is 5.41 Å². The molecule has 0 rings (SSSR count). The van der Waals surface area contributed by atoms with Gasteiger partial charge in [-0.25, -0.2) is 0 Å². The second-order valence-corrected chi connectivity index (χ2v) is 6.86. The fraction of sp³-hybridized carbons (Fsp3) is 0.833. The standard InChI is InChI=1S/C18H34O7.C6H14O3/c1-7-19-13-15(21-9-3)17(23-11-5)25-18(24-12-6)16(22-10-4)14-20-8-2;1-2-6(3-7,4-8)5-9/h7-14H2,1-6H3;7-9H,2-5H2,1H3/b17-15+,18-16+;. The maximum atomic E-state index is 8.66. The van der Waals surface area contributed by atoms with Gasteiger partial charge in [0.05, 0.1) is 46.2 Å². The number of ether oxygens (including phenoxy) is 7. The van der Waals surface area contributed by atoms with Gasteiger partial charge in [-0.05, 0) is 48.0 Å². The minimum absolute atomic E-state index is 0.156. The molecule has 34 heavy (non-hydrogen) atoms. The van der Waals surface area contributed by atoms with E-state index in [1.165, 1.54) is 0 Å². The average molecular weight is 497 g/mol. The number of hydrogen-bond donors (Lipinski definition) is 3. The molecule has 0 aromatic carbocycles. The quantitative estimate of drug-likeness (QED) is 0.217. The van der Waals surface area contributed by atoms with Crippen LogP contribution in [0.2, 0.25) is 0 Å². The van der Waals surface area contributed by atoms with Crippen LogP contribution in [0.25, 0.3) is 0 Å². The fourth-order valence-corrected chi connectivity index (χ4v) is 2.22. The molecule has 0 aliphatic rings. The molecule has 0 fully saturated rings. The highest BCUT2D eigenvalue weighted by Gasteiger charge is 2.25. The van der Waals surface area contributed by atoms with E-state index in [-0.39, 0.29) is 44.9 Å². The van der Waals surface area contributed by atoms with Gasteiger partial charge in [-0.15, -0.1) is 0 Å². The van der Waals surface area contributed by atoms with Crippen LogP contribution in [0, 0.1) is 5.41 Å². The molecule has 0 heterocycles. The van der Waals surface area contributed by atoms with Crippen LogP contribution < -0.4 is 0 Å². The molecular weight excluding hydrogens is 448 g/mol. The number of aliphatic hydroxyl groups is 3. The molecule has 0 aromatic heterocycles. The molecule has 0 aromatic rings. The SMILES string of the molecule is CCC(CO)(CO)CO.CCOC/C(OCC)=C(/OCC)O/C(OCC)=C(\COCC)OCC. The van der Waals surface area contributed by atoms with E-state index in [0.29, 0.717) is 57.6 Å². The maximum absolute atomic E-state index is 8.66. The third-order valence-corrected chi connectivity index (χ3v) is 4.46. The predicted molar refractivity (Wildman–Crippen MR) is 129 cm³/mol. The summed E-state index contributed by atoms with van der Waals surface area (Å²) < 4.78 is 39.2. The van der Waals surface area contributed by atoms with Crippen LogP contribution in [0.1, 0.15) is 54.9 Å². The molecule has 204 valence electrons. The van der Waals surface area contributed by atoms with Crippen molar-refractivity contribution in [3.05, 3.63) is 23.4 Å². The Morgan fingerprint density at radius 3 is 1.09 bits per heavy atom. The van der Waals surface area contributed by atoms with Crippen molar-refractivity contribution in [2.75, 3.05) is 72.7 Å². The van der Waals surface area contributed by atoms with Crippen molar-refractivity contribution in [1.29, 1.82) is 0 Å². The molecule has 0 atom stereocenters. The summed E-state index contributed by atoms with van der Waals surface area (Å²) >= 11 is 0. The summed E-state index contributed by atoms with van der Waals surface area (Å²) in [4.78, 5) is 0. The van der Waals surface area contributed by atoms with E-state index in [4.69, 9.17) is 48.5 Å². The third-order valence-electron chi connectivity index (χ3n) is 4.46. The number of hydrogen-bond acceptors (Lipinski definition) is 10. The zero-order valence-corrected chi connectivity index (χ0v) is 22.2. The molecule has 0 spiro atoms. The van der Waals surface area contributed by atoms with Gasteiger partial charge < -0.3 is 48.5 Å². The summed E-state index contributed by atoms with van der Waals surface area (Å²) in [6, 6.07) is 0. The summed E-state index contributed by atoms with van der Waals surface area (Å²) in [6.07, 6.45) is 0.594. The van der Waals surface area contributed by atoms with Crippen molar-refractivity contribution >= 4 is 0 Å². The zero-order valence-electron chi connectivity index (χ0n) is 22.2. The lowest BCUT2D eigenvalue weighted by molar-refractivity contribution is -0.0372. The highest BCUT2D eigenvalue weighted by Crippen LogP contribution is 2.20. The lowest BCUT2D eigenvalue weighted by Gasteiger charge is -2.24. The first-order valence-corrected chi connectivity index (χ1v) is 12.1. The number of rotatable bonds is 20. The van der Waals surface area contributed by atoms with Crippen molar-refractivity contribution in [1.82, 2.24) is 0 Å². The Labute approximate surface area is 205 Å². The smallest absolute Gasteiger partial charge is 0.329 e. The Hall–Kier alpha value is -1.72. The Kier molecular flexibility index (Phi) is 23.3. The molecular formula is C24H48O10. The number of aliphatic hydroxyl groups excluding tert-OH is 3. The van der Waals surface area contributed by atoms with E-state index < -0.39 is 5.41 Å². The summed E-state index contributed by atoms with van der Waals surface area (Å²) in [5.41, 5.74) is -0.667.